The zero-order chi connectivity index (χ0) is 25.9. The van der Waals surface area contributed by atoms with E-state index in [-0.39, 0.29) is 17.7 Å². The molecule has 3 aromatic rings. The Bertz CT molecular complexity index is 1280. The smallest absolute Gasteiger partial charge is 0.228 e. The molecule has 3 aliphatic heterocycles. The Hall–Kier alpha value is -3.98. The van der Waals surface area contributed by atoms with Crippen LogP contribution in [0.25, 0.3) is 11.1 Å². The van der Waals surface area contributed by atoms with Gasteiger partial charge >= 0.3 is 0 Å². The molecule has 5 heterocycles. The number of piperazine rings is 1. The van der Waals surface area contributed by atoms with Gasteiger partial charge in [-0.3, -0.25) is 14.6 Å². The molecule has 3 aliphatic rings. The molecule has 9 nitrogen and oxygen atoms in total. The third kappa shape index (κ3) is 5.19. The van der Waals surface area contributed by atoms with Gasteiger partial charge in [0.15, 0.2) is 0 Å². The summed E-state index contributed by atoms with van der Waals surface area (Å²) < 4.78 is 5.39. The molecule has 1 atom stereocenters. The van der Waals surface area contributed by atoms with E-state index < -0.39 is 0 Å². The van der Waals surface area contributed by atoms with Crippen LogP contribution in [-0.2, 0) is 14.3 Å². The van der Waals surface area contributed by atoms with Crippen molar-refractivity contribution >= 4 is 34.7 Å². The SMILES string of the molecule is O=C(C1CCOC1)N1CCN(c2cncc(Nc3ccc(-c4ccc(N5CCCC5=O)cc4)cn3)c2)CC1. The van der Waals surface area contributed by atoms with Gasteiger partial charge in [-0.25, -0.2) is 4.98 Å². The maximum absolute atomic E-state index is 12.7. The number of anilines is 4. The van der Waals surface area contributed by atoms with Crippen molar-refractivity contribution in [2.24, 2.45) is 5.92 Å². The van der Waals surface area contributed by atoms with Crippen molar-refractivity contribution in [2.75, 3.05) is 61.1 Å². The first-order chi connectivity index (χ1) is 18.6. The number of aromatic nitrogens is 2. The molecular weight excluding hydrogens is 480 g/mol. The van der Waals surface area contributed by atoms with Crippen LogP contribution in [0.5, 0.6) is 0 Å². The van der Waals surface area contributed by atoms with Gasteiger partial charge in [0.2, 0.25) is 11.8 Å². The highest BCUT2D eigenvalue weighted by molar-refractivity contribution is 5.95. The van der Waals surface area contributed by atoms with E-state index in [0.717, 1.165) is 66.5 Å². The van der Waals surface area contributed by atoms with Crippen LogP contribution in [0.1, 0.15) is 19.3 Å². The Kier molecular flexibility index (Phi) is 6.92. The monoisotopic (exact) mass is 512 g/mol. The van der Waals surface area contributed by atoms with Gasteiger partial charge in [-0.2, -0.15) is 0 Å². The summed E-state index contributed by atoms with van der Waals surface area (Å²) in [5.74, 6) is 1.18. The fourth-order valence-corrected chi connectivity index (χ4v) is 5.38. The van der Waals surface area contributed by atoms with Gasteiger partial charge in [-0.1, -0.05) is 12.1 Å². The number of carbonyl (C=O) groups excluding carboxylic acids is 2. The first-order valence-electron chi connectivity index (χ1n) is 13.3. The molecule has 1 unspecified atom stereocenters. The average Bonchev–Trinajstić information content (AvgIpc) is 3.66. The fourth-order valence-electron chi connectivity index (χ4n) is 5.38. The lowest BCUT2D eigenvalue weighted by atomic mass is 10.1. The van der Waals surface area contributed by atoms with Crippen molar-refractivity contribution in [3.05, 3.63) is 61.1 Å². The molecule has 2 aromatic heterocycles. The van der Waals surface area contributed by atoms with Crippen molar-refractivity contribution in [1.82, 2.24) is 14.9 Å². The molecule has 9 heteroatoms. The minimum Gasteiger partial charge on any atom is -0.381 e. The molecule has 0 aliphatic carbocycles. The molecule has 1 N–H and O–H groups in total. The van der Waals surface area contributed by atoms with Crippen LogP contribution in [0.15, 0.2) is 61.1 Å². The van der Waals surface area contributed by atoms with E-state index in [1.165, 1.54) is 0 Å². The Labute approximate surface area is 222 Å². The average molecular weight is 513 g/mol. The summed E-state index contributed by atoms with van der Waals surface area (Å²) in [4.78, 5) is 39.8. The largest absolute Gasteiger partial charge is 0.381 e. The lowest BCUT2D eigenvalue weighted by molar-refractivity contribution is -0.135. The van der Waals surface area contributed by atoms with Crippen LogP contribution < -0.4 is 15.1 Å². The summed E-state index contributed by atoms with van der Waals surface area (Å²) >= 11 is 0. The topological polar surface area (TPSA) is 90.9 Å². The van der Waals surface area contributed by atoms with E-state index in [9.17, 15) is 9.59 Å². The van der Waals surface area contributed by atoms with Gasteiger partial charge in [-0.05, 0) is 48.7 Å². The van der Waals surface area contributed by atoms with E-state index in [4.69, 9.17) is 4.74 Å². The summed E-state index contributed by atoms with van der Waals surface area (Å²) in [7, 11) is 0. The number of hydrogen-bond acceptors (Lipinski definition) is 7. The van der Waals surface area contributed by atoms with Crippen LogP contribution in [-0.4, -0.2) is 72.6 Å². The second-order valence-electron chi connectivity index (χ2n) is 10.1. The molecule has 38 heavy (non-hydrogen) atoms. The van der Waals surface area contributed by atoms with E-state index in [1.54, 1.807) is 6.20 Å². The van der Waals surface area contributed by atoms with Crippen molar-refractivity contribution in [3.63, 3.8) is 0 Å². The maximum atomic E-state index is 12.7. The van der Waals surface area contributed by atoms with E-state index in [0.29, 0.717) is 32.7 Å². The molecule has 0 spiro atoms. The van der Waals surface area contributed by atoms with Crippen LogP contribution in [0.3, 0.4) is 0 Å². The summed E-state index contributed by atoms with van der Waals surface area (Å²) in [5.41, 5.74) is 4.91. The third-order valence-corrected chi connectivity index (χ3v) is 7.58. The van der Waals surface area contributed by atoms with E-state index in [2.05, 4.69) is 26.3 Å². The van der Waals surface area contributed by atoms with Gasteiger partial charge in [-0.15, -0.1) is 0 Å². The number of nitrogens with zero attached hydrogens (tertiary/aromatic N) is 5. The first kappa shape index (κ1) is 24.4. The zero-order valence-electron chi connectivity index (χ0n) is 21.4. The Morgan fingerprint density at radius 3 is 2.42 bits per heavy atom. The number of pyridine rings is 2. The quantitative estimate of drug-likeness (QED) is 0.539. The molecule has 1 aromatic carbocycles. The van der Waals surface area contributed by atoms with Gasteiger partial charge in [0.25, 0.3) is 0 Å². The van der Waals surface area contributed by atoms with Gasteiger partial charge in [0, 0.05) is 63.2 Å². The standard InChI is InChI=1S/C29H32N6O3/c36-28-2-1-10-35(28)25-6-3-21(4-7-25)22-5-8-27(31-17-22)32-24-16-26(19-30-18-24)33-11-13-34(14-12-33)29(37)23-9-15-38-20-23/h3-8,16-19,23H,1-2,9-15,20H2,(H,31,32). The minimum atomic E-state index is 0.0228. The van der Waals surface area contributed by atoms with Crippen LogP contribution in [0, 0.1) is 5.92 Å². The second kappa shape index (κ2) is 10.8. The van der Waals surface area contributed by atoms with Crippen LogP contribution in [0.4, 0.5) is 22.9 Å². The summed E-state index contributed by atoms with van der Waals surface area (Å²) in [6.07, 6.45) is 7.89. The summed E-state index contributed by atoms with van der Waals surface area (Å²) in [6, 6.07) is 14.1. The lowest BCUT2D eigenvalue weighted by Crippen LogP contribution is -2.50. The van der Waals surface area contributed by atoms with Crippen molar-refractivity contribution in [3.8, 4) is 11.1 Å². The predicted octanol–water partition coefficient (Wildman–Crippen LogP) is 3.70. The van der Waals surface area contributed by atoms with Crippen LogP contribution in [0.2, 0.25) is 0 Å². The molecule has 0 bridgehead atoms. The Morgan fingerprint density at radius 2 is 1.74 bits per heavy atom. The Morgan fingerprint density at radius 1 is 0.921 bits per heavy atom. The van der Waals surface area contributed by atoms with Crippen molar-refractivity contribution < 1.29 is 14.3 Å². The molecule has 0 saturated carbocycles. The number of carbonyl (C=O) groups is 2. The third-order valence-electron chi connectivity index (χ3n) is 7.58. The number of benzene rings is 1. The minimum absolute atomic E-state index is 0.0228. The predicted molar refractivity (Wildman–Crippen MR) is 146 cm³/mol. The van der Waals surface area contributed by atoms with Gasteiger partial charge in [0.05, 0.1) is 36.3 Å². The number of amides is 2. The first-order valence-corrected chi connectivity index (χ1v) is 13.3. The van der Waals surface area contributed by atoms with Gasteiger partial charge < -0.3 is 24.8 Å². The zero-order valence-corrected chi connectivity index (χ0v) is 21.4. The van der Waals surface area contributed by atoms with Crippen molar-refractivity contribution in [2.45, 2.75) is 19.3 Å². The van der Waals surface area contributed by atoms with Gasteiger partial charge in [0.1, 0.15) is 5.82 Å². The fraction of sp³-hybridized carbons (Fsp3) is 0.379. The van der Waals surface area contributed by atoms with Crippen LogP contribution >= 0.6 is 0 Å². The second-order valence-corrected chi connectivity index (χ2v) is 10.1. The van der Waals surface area contributed by atoms with Crippen molar-refractivity contribution in [1.29, 1.82) is 0 Å². The summed E-state index contributed by atoms with van der Waals surface area (Å²) in [6.45, 7) is 5.02. The molecule has 3 saturated heterocycles. The van der Waals surface area contributed by atoms with E-state index >= 15 is 0 Å². The maximum Gasteiger partial charge on any atom is 0.228 e. The molecule has 6 rings (SSSR count). The highest BCUT2D eigenvalue weighted by Gasteiger charge is 2.30. The Balaban J connectivity index is 1.06. The lowest BCUT2D eigenvalue weighted by Gasteiger charge is -2.37. The molecule has 3 fully saturated rings. The number of nitrogens with one attached hydrogen (secondary N) is 1. The number of rotatable bonds is 6. The molecule has 0 radical (unpaired) electrons. The molecule has 2 amide bonds. The molecule has 196 valence electrons. The number of hydrogen-bond donors (Lipinski definition) is 1. The highest BCUT2D eigenvalue weighted by atomic mass is 16.5. The number of ether oxygens (including phenoxy) is 1. The highest BCUT2D eigenvalue weighted by Crippen LogP contribution is 2.27. The normalized spacial score (nSPS) is 19.7. The molecular formula is C29H32N6O3. The summed E-state index contributed by atoms with van der Waals surface area (Å²) in [5, 5.41) is 3.35. The van der Waals surface area contributed by atoms with E-state index in [1.807, 2.05) is 58.6 Å².